The molecule has 16 heavy (non-hydrogen) atoms. The van der Waals surface area contributed by atoms with E-state index in [2.05, 4.69) is 4.99 Å². The molecule has 0 aromatic heterocycles. The Morgan fingerprint density at radius 2 is 2.06 bits per heavy atom. The van der Waals surface area contributed by atoms with Crippen LogP contribution >= 0.6 is 0 Å². The summed E-state index contributed by atoms with van der Waals surface area (Å²) in [4.78, 5) is 26.0. The standard InChI is InChI=1S/C11H20N2O3/c1-4-16-11(15)5-8(2)9(7-13-3)6-10(12)14/h7-9H,4-6H2,1-3H3,(H2,12,14). The van der Waals surface area contributed by atoms with Gasteiger partial charge in [-0.1, -0.05) is 6.92 Å². The molecule has 0 aliphatic heterocycles. The normalized spacial score (nSPS) is 14.7. The highest BCUT2D eigenvalue weighted by molar-refractivity contribution is 5.79. The minimum Gasteiger partial charge on any atom is -0.466 e. The summed E-state index contributed by atoms with van der Waals surface area (Å²) in [7, 11) is 1.63. The van der Waals surface area contributed by atoms with Gasteiger partial charge in [-0.15, -0.1) is 0 Å². The average molecular weight is 228 g/mol. The maximum atomic E-state index is 11.3. The molecule has 0 radical (unpaired) electrons. The highest BCUT2D eigenvalue weighted by Gasteiger charge is 2.20. The lowest BCUT2D eigenvalue weighted by Crippen LogP contribution is -2.24. The molecule has 0 bridgehead atoms. The Hall–Kier alpha value is -1.39. The summed E-state index contributed by atoms with van der Waals surface area (Å²) in [5, 5.41) is 0. The summed E-state index contributed by atoms with van der Waals surface area (Å²) < 4.78 is 4.85. The van der Waals surface area contributed by atoms with E-state index in [0.717, 1.165) is 0 Å². The molecule has 0 fully saturated rings. The maximum Gasteiger partial charge on any atom is 0.306 e. The maximum absolute atomic E-state index is 11.3. The highest BCUT2D eigenvalue weighted by atomic mass is 16.5. The predicted octanol–water partition coefficient (Wildman–Crippen LogP) is 0.768. The van der Waals surface area contributed by atoms with E-state index in [1.54, 1.807) is 20.2 Å². The number of nitrogens with zero attached hydrogens (tertiary/aromatic N) is 1. The van der Waals surface area contributed by atoms with Gasteiger partial charge in [-0.05, 0) is 12.8 Å². The van der Waals surface area contributed by atoms with Gasteiger partial charge in [0.2, 0.25) is 5.91 Å². The average Bonchev–Trinajstić information content (AvgIpc) is 2.16. The van der Waals surface area contributed by atoms with Gasteiger partial charge in [0.05, 0.1) is 6.61 Å². The first-order valence-electron chi connectivity index (χ1n) is 5.37. The smallest absolute Gasteiger partial charge is 0.306 e. The van der Waals surface area contributed by atoms with Gasteiger partial charge in [-0.2, -0.15) is 0 Å². The number of aliphatic imine (C=N–C) groups is 1. The summed E-state index contributed by atoms with van der Waals surface area (Å²) in [6, 6.07) is 0. The van der Waals surface area contributed by atoms with Crippen LogP contribution in [0.25, 0.3) is 0 Å². The number of hydrogen-bond acceptors (Lipinski definition) is 4. The van der Waals surface area contributed by atoms with Crippen LogP contribution in [0.3, 0.4) is 0 Å². The lowest BCUT2D eigenvalue weighted by atomic mass is 9.89. The zero-order valence-electron chi connectivity index (χ0n) is 10.1. The molecule has 5 heteroatoms. The van der Waals surface area contributed by atoms with Gasteiger partial charge in [0.15, 0.2) is 0 Å². The van der Waals surface area contributed by atoms with E-state index in [0.29, 0.717) is 6.61 Å². The van der Waals surface area contributed by atoms with Crippen LogP contribution in [-0.4, -0.2) is 31.7 Å². The summed E-state index contributed by atoms with van der Waals surface area (Å²) in [5.74, 6) is -0.753. The Kier molecular flexibility index (Phi) is 7.16. The van der Waals surface area contributed by atoms with Crippen LogP contribution in [0.1, 0.15) is 26.7 Å². The Morgan fingerprint density at radius 3 is 2.50 bits per heavy atom. The molecule has 0 aliphatic rings. The minimum absolute atomic E-state index is 0.00440. The number of carbonyl (C=O) groups is 2. The van der Waals surface area contributed by atoms with Crippen molar-refractivity contribution in [1.29, 1.82) is 0 Å². The van der Waals surface area contributed by atoms with Gasteiger partial charge in [-0.3, -0.25) is 9.59 Å². The Balaban J connectivity index is 4.31. The van der Waals surface area contributed by atoms with Gasteiger partial charge in [-0.25, -0.2) is 0 Å². The van der Waals surface area contributed by atoms with E-state index >= 15 is 0 Å². The molecule has 0 saturated heterocycles. The molecule has 0 heterocycles. The van der Waals surface area contributed by atoms with Crippen molar-refractivity contribution in [3.63, 3.8) is 0 Å². The Bertz CT molecular complexity index is 264. The number of carbonyl (C=O) groups excluding carboxylic acids is 2. The van der Waals surface area contributed by atoms with Crippen molar-refractivity contribution in [3.05, 3.63) is 0 Å². The lowest BCUT2D eigenvalue weighted by molar-refractivity contribution is -0.144. The van der Waals surface area contributed by atoms with Gasteiger partial charge in [0.25, 0.3) is 0 Å². The van der Waals surface area contributed by atoms with Crippen LogP contribution < -0.4 is 5.73 Å². The quantitative estimate of drug-likeness (QED) is 0.516. The largest absolute Gasteiger partial charge is 0.466 e. The van der Waals surface area contributed by atoms with Crippen molar-refractivity contribution >= 4 is 18.1 Å². The molecule has 0 aromatic rings. The third-order valence-electron chi connectivity index (χ3n) is 2.30. The number of hydrogen-bond donors (Lipinski definition) is 1. The molecule has 5 nitrogen and oxygen atoms in total. The number of rotatable bonds is 7. The van der Waals surface area contributed by atoms with Gasteiger partial charge >= 0.3 is 5.97 Å². The van der Waals surface area contributed by atoms with E-state index in [1.807, 2.05) is 6.92 Å². The van der Waals surface area contributed by atoms with E-state index in [9.17, 15) is 9.59 Å². The first-order chi connectivity index (χ1) is 7.51. The molecule has 0 aromatic carbocycles. The first-order valence-corrected chi connectivity index (χ1v) is 5.37. The third-order valence-corrected chi connectivity index (χ3v) is 2.30. The fourth-order valence-corrected chi connectivity index (χ4v) is 1.46. The molecule has 0 saturated carbocycles. The zero-order chi connectivity index (χ0) is 12.6. The second-order valence-corrected chi connectivity index (χ2v) is 3.73. The Morgan fingerprint density at radius 1 is 1.44 bits per heavy atom. The zero-order valence-corrected chi connectivity index (χ0v) is 10.1. The van der Waals surface area contributed by atoms with Crippen molar-refractivity contribution in [1.82, 2.24) is 0 Å². The van der Waals surface area contributed by atoms with Crippen LogP contribution in [-0.2, 0) is 14.3 Å². The van der Waals surface area contributed by atoms with Crippen molar-refractivity contribution in [3.8, 4) is 0 Å². The van der Waals surface area contributed by atoms with Crippen molar-refractivity contribution < 1.29 is 14.3 Å². The van der Waals surface area contributed by atoms with Crippen LogP contribution in [0, 0.1) is 11.8 Å². The van der Waals surface area contributed by atoms with Crippen molar-refractivity contribution in [2.45, 2.75) is 26.7 Å². The summed E-state index contributed by atoms with van der Waals surface area (Å²) in [5.41, 5.74) is 5.13. The molecule has 0 aliphatic carbocycles. The first kappa shape index (κ1) is 14.6. The molecular formula is C11H20N2O3. The highest BCUT2D eigenvalue weighted by Crippen LogP contribution is 2.18. The van der Waals surface area contributed by atoms with E-state index in [-0.39, 0.29) is 36.6 Å². The van der Waals surface area contributed by atoms with E-state index in [1.165, 1.54) is 0 Å². The molecule has 2 atom stereocenters. The topological polar surface area (TPSA) is 81.8 Å². The number of nitrogens with two attached hydrogens (primary N) is 1. The van der Waals surface area contributed by atoms with Gasteiger partial charge < -0.3 is 15.5 Å². The number of esters is 1. The lowest BCUT2D eigenvalue weighted by Gasteiger charge is -2.17. The second kappa shape index (κ2) is 7.84. The monoisotopic (exact) mass is 228 g/mol. The van der Waals surface area contributed by atoms with Crippen LogP contribution in [0.2, 0.25) is 0 Å². The molecular weight excluding hydrogens is 208 g/mol. The van der Waals surface area contributed by atoms with E-state index in [4.69, 9.17) is 10.5 Å². The Labute approximate surface area is 96.1 Å². The summed E-state index contributed by atoms with van der Waals surface area (Å²) >= 11 is 0. The second-order valence-electron chi connectivity index (χ2n) is 3.73. The fourth-order valence-electron chi connectivity index (χ4n) is 1.46. The predicted molar refractivity (Wildman–Crippen MR) is 62.1 cm³/mol. The molecule has 1 amide bonds. The van der Waals surface area contributed by atoms with Crippen molar-refractivity contribution in [2.75, 3.05) is 13.7 Å². The molecule has 2 unspecified atom stereocenters. The van der Waals surface area contributed by atoms with E-state index < -0.39 is 0 Å². The van der Waals surface area contributed by atoms with Crippen molar-refractivity contribution in [2.24, 2.45) is 22.6 Å². The number of primary amides is 1. The minimum atomic E-state index is -0.388. The molecule has 92 valence electrons. The van der Waals surface area contributed by atoms with Crippen LogP contribution in [0.15, 0.2) is 4.99 Å². The molecule has 2 N–H and O–H groups in total. The fraction of sp³-hybridized carbons (Fsp3) is 0.727. The summed E-state index contributed by atoms with van der Waals surface area (Å²) in [6.07, 6.45) is 2.14. The molecule has 0 spiro atoms. The van der Waals surface area contributed by atoms with Crippen LogP contribution in [0.5, 0.6) is 0 Å². The molecule has 0 rings (SSSR count). The summed E-state index contributed by atoms with van der Waals surface area (Å²) in [6.45, 7) is 4.01. The number of amides is 1. The SMILES string of the molecule is CCOC(=O)CC(C)C(C=NC)CC(N)=O. The van der Waals surface area contributed by atoms with Gasteiger partial charge in [0, 0.05) is 32.0 Å². The van der Waals surface area contributed by atoms with Crippen LogP contribution in [0.4, 0.5) is 0 Å². The third kappa shape index (κ3) is 6.16. The number of ether oxygens (including phenoxy) is 1. The van der Waals surface area contributed by atoms with Gasteiger partial charge in [0.1, 0.15) is 0 Å².